The van der Waals surface area contributed by atoms with E-state index in [-0.39, 0.29) is 11.9 Å². The Labute approximate surface area is 178 Å². The molecule has 1 fully saturated rings. The van der Waals surface area contributed by atoms with E-state index in [4.69, 9.17) is 4.74 Å². The first kappa shape index (κ1) is 20.4. The van der Waals surface area contributed by atoms with E-state index in [2.05, 4.69) is 63.6 Å². The van der Waals surface area contributed by atoms with E-state index in [1.807, 2.05) is 32.2 Å². The van der Waals surface area contributed by atoms with E-state index >= 15 is 0 Å². The van der Waals surface area contributed by atoms with Gasteiger partial charge in [-0.05, 0) is 60.6 Å². The molecule has 5 nitrogen and oxygen atoms in total. The van der Waals surface area contributed by atoms with Gasteiger partial charge in [-0.15, -0.1) is 0 Å². The summed E-state index contributed by atoms with van der Waals surface area (Å²) in [5.74, 6) is -0.00240. The number of amides is 1. The molecule has 3 aromatic carbocycles. The van der Waals surface area contributed by atoms with Crippen LogP contribution in [-0.2, 0) is 16.1 Å². The molecule has 0 saturated carbocycles. The number of morpholine rings is 1. The molecule has 1 aliphatic heterocycles. The van der Waals surface area contributed by atoms with Crippen LogP contribution in [0.2, 0.25) is 0 Å². The van der Waals surface area contributed by atoms with Gasteiger partial charge in [0.1, 0.15) is 0 Å². The molecule has 0 bridgehead atoms. The van der Waals surface area contributed by atoms with E-state index in [1.165, 1.54) is 16.3 Å². The Balaban J connectivity index is 1.35. The summed E-state index contributed by atoms with van der Waals surface area (Å²) in [5.41, 5.74) is 3.19. The van der Waals surface area contributed by atoms with Crippen molar-refractivity contribution >= 4 is 28.1 Å². The normalized spacial score (nSPS) is 15.4. The molecular formula is C25H29N3O2. The molecule has 0 aliphatic carbocycles. The van der Waals surface area contributed by atoms with Crippen molar-refractivity contribution in [1.82, 2.24) is 4.90 Å². The van der Waals surface area contributed by atoms with E-state index < -0.39 is 0 Å². The molecule has 1 N–H and O–H groups in total. The van der Waals surface area contributed by atoms with Crippen LogP contribution in [0.3, 0.4) is 0 Å². The summed E-state index contributed by atoms with van der Waals surface area (Å²) in [6.07, 6.45) is 0. The van der Waals surface area contributed by atoms with Gasteiger partial charge in [-0.25, -0.2) is 0 Å². The third kappa shape index (κ3) is 4.81. The van der Waals surface area contributed by atoms with Crippen molar-refractivity contribution in [2.24, 2.45) is 0 Å². The van der Waals surface area contributed by atoms with Crippen LogP contribution in [0.25, 0.3) is 10.8 Å². The molecule has 5 heteroatoms. The van der Waals surface area contributed by atoms with Gasteiger partial charge in [0.15, 0.2) is 0 Å². The highest BCUT2D eigenvalue weighted by molar-refractivity contribution is 5.94. The summed E-state index contributed by atoms with van der Waals surface area (Å²) in [6.45, 7) is 6.00. The Kier molecular flexibility index (Phi) is 6.31. The number of anilines is 2. The lowest BCUT2D eigenvalue weighted by Gasteiger charge is -2.29. The Morgan fingerprint density at radius 2 is 1.73 bits per heavy atom. The van der Waals surface area contributed by atoms with Crippen LogP contribution in [0.4, 0.5) is 11.4 Å². The molecule has 0 spiro atoms. The Bertz CT molecular complexity index is 997. The maximum Gasteiger partial charge on any atom is 0.241 e. The summed E-state index contributed by atoms with van der Waals surface area (Å²) in [6, 6.07) is 22.6. The third-order valence-electron chi connectivity index (χ3n) is 5.80. The average Bonchev–Trinajstić information content (AvgIpc) is 2.79. The van der Waals surface area contributed by atoms with Gasteiger partial charge in [0.25, 0.3) is 0 Å². The number of nitrogens with zero attached hydrogens (tertiary/aromatic N) is 2. The van der Waals surface area contributed by atoms with E-state index in [1.54, 1.807) is 0 Å². The van der Waals surface area contributed by atoms with E-state index in [0.29, 0.717) is 0 Å². The van der Waals surface area contributed by atoms with Gasteiger partial charge in [-0.2, -0.15) is 0 Å². The fourth-order valence-electron chi connectivity index (χ4n) is 3.79. The number of carbonyl (C=O) groups is 1. The highest BCUT2D eigenvalue weighted by Crippen LogP contribution is 2.20. The summed E-state index contributed by atoms with van der Waals surface area (Å²) < 4.78 is 5.41. The highest BCUT2D eigenvalue weighted by Gasteiger charge is 2.19. The second-order valence-electron chi connectivity index (χ2n) is 7.91. The molecule has 0 radical (unpaired) electrons. The van der Waals surface area contributed by atoms with Gasteiger partial charge >= 0.3 is 0 Å². The quantitative estimate of drug-likeness (QED) is 0.672. The molecule has 156 valence electrons. The smallest absolute Gasteiger partial charge is 0.241 e. The number of ether oxygens (including phenoxy) is 1. The van der Waals surface area contributed by atoms with Crippen molar-refractivity contribution in [3.8, 4) is 0 Å². The third-order valence-corrected chi connectivity index (χ3v) is 5.80. The predicted octanol–water partition coefficient (Wildman–Crippen LogP) is 4.14. The number of nitrogens with one attached hydrogen (secondary N) is 1. The maximum atomic E-state index is 12.8. The Hall–Kier alpha value is -2.89. The molecule has 0 unspecified atom stereocenters. The first-order valence-electron chi connectivity index (χ1n) is 10.5. The predicted molar refractivity (Wildman–Crippen MR) is 123 cm³/mol. The zero-order chi connectivity index (χ0) is 20.9. The molecule has 4 rings (SSSR count). The van der Waals surface area contributed by atoms with Crippen molar-refractivity contribution in [2.75, 3.05) is 43.6 Å². The molecule has 1 amide bonds. The fourth-order valence-corrected chi connectivity index (χ4v) is 3.79. The van der Waals surface area contributed by atoms with Gasteiger partial charge in [-0.3, -0.25) is 9.69 Å². The monoisotopic (exact) mass is 403 g/mol. The first-order chi connectivity index (χ1) is 14.6. The number of rotatable bonds is 6. The van der Waals surface area contributed by atoms with Crippen molar-refractivity contribution < 1.29 is 9.53 Å². The lowest BCUT2D eigenvalue weighted by Crippen LogP contribution is -2.39. The van der Waals surface area contributed by atoms with Gasteiger partial charge in [0.05, 0.1) is 19.3 Å². The SMILES string of the molecule is C[C@H](C(=O)Nc1ccc(N2CCOCC2)cc1)N(C)Cc1ccc2ccccc2c1. The number of benzene rings is 3. The largest absolute Gasteiger partial charge is 0.378 e. The summed E-state index contributed by atoms with van der Waals surface area (Å²) in [7, 11) is 1.99. The van der Waals surface area contributed by atoms with Crippen LogP contribution >= 0.6 is 0 Å². The molecule has 1 atom stereocenters. The van der Waals surface area contributed by atoms with Crippen LogP contribution in [0.15, 0.2) is 66.7 Å². The van der Waals surface area contributed by atoms with Crippen molar-refractivity contribution in [2.45, 2.75) is 19.5 Å². The van der Waals surface area contributed by atoms with E-state index in [9.17, 15) is 4.79 Å². The van der Waals surface area contributed by atoms with Crippen LogP contribution in [0, 0.1) is 0 Å². The molecule has 1 heterocycles. The zero-order valence-corrected chi connectivity index (χ0v) is 17.7. The van der Waals surface area contributed by atoms with Crippen molar-refractivity contribution in [3.05, 3.63) is 72.3 Å². The second-order valence-corrected chi connectivity index (χ2v) is 7.91. The van der Waals surface area contributed by atoms with Crippen molar-refractivity contribution in [1.29, 1.82) is 0 Å². The van der Waals surface area contributed by atoms with Crippen LogP contribution < -0.4 is 10.2 Å². The fraction of sp³-hybridized carbons (Fsp3) is 0.320. The minimum atomic E-state index is -0.240. The zero-order valence-electron chi connectivity index (χ0n) is 17.7. The maximum absolute atomic E-state index is 12.8. The van der Waals surface area contributed by atoms with Crippen LogP contribution in [0.5, 0.6) is 0 Å². The van der Waals surface area contributed by atoms with Crippen molar-refractivity contribution in [3.63, 3.8) is 0 Å². The minimum absolute atomic E-state index is 0.00240. The molecule has 1 aliphatic rings. The number of carbonyl (C=O) groups excluding carboxylic acids is 1. The van der Waals surface area contributed by atoms with Gasteiger partial charge in [0, 0.05) is 31.0 Å². The minimum Gasteiger partial charge on any atom is -0.378 e. The summed E-state index contributed by atoms with van der Waals surface area (Å²) in [5, 5.41) is 5.50. The van der Waals surface area contributed by atoms with Gasteiger partial charge < -0.3 is 15.0 Å². The van der Waals surface area contributed by atoms with Crippen LogP contribution in [0.1, 0.15) is 12.5 Å². The molecule has 1 saturated heterocycles. The molecule has 3 aromatic rings. The molecular weight excluding hydrogens is 374 g/mol. The lowest BCUT2D eigenvalue weighted by molar-refractivity contribution is -0.120. The highest BCUT2D eigenvalue weighted by atomic mass is 16.5. The Morgan fingerprint density at radius 3 is 2.47 bits per heavy atom. The van der Waals surface area contributed by atoms with E-state index in [0.717, 1.165) is 44.2 Å². The Morgan fingerprint density at radius 1 is 1.03 bits per heavy atom. The number of likely N-dealkylation sites (N-methyl/N-ethyl adjacent to an activating group) is 1. The number of fused-ring (bicyclic) bond motifs is 1. The number of hydrogen-bond donors (Lipinski definition) is 1. The summed E-state index contributed by atoms with van der Waals surface area (Å²) in [4.78, 5) is 17.1. The van der Waals surface area contributed by atoms with Crippen LogP contribution in [-0.4, -0.2) is 50.2 Å². The number of hydrogen-bond acceptors (Lipinski definition) is 4. The average molecular weight is 404 g/mol. The molecule has 30 heavy (non-hydrogen) atoms. The second kappa shape index (κ2) is 9.28. The van der Waals surface area contributed by atoms with Gasteiger partial charge in [0.2, 0.25) is 5.91 Å². The first-order valence-corrected chi connectivity index (χ1v) is 10.5. The lowest BCUT2D eigenvalue weighted by atomic mass is 10.1. The topological polar surface area (TPSA) is 44.8 Å². The summed E-state index contributed by atoms with van der Waals surface area (Å²) >= 11 is 0. The standard InChI is InChI=1S/C25H29N3O2/c1-19(27(2)18-20-7-8-21-5-3-4-6-22(21)17-20)25(29)26-23-9-11-24(12-10-23)28-13-15-30-16-14-28/h3-12,17,19H,13-16,18H2,1-2H3,(H,26,29)/t19-/m1/s1. The molecule has 0 aromatic heterocycles. The van der Waals surface area contributed by atoms with Gasteiger partial charge in [-0.1, -0.05) is 36.4 Å².